The van der Waals surface area contributed by atoms with Gasteiger partial charge in [0.25, 0.3) is 0 Å². The van der Waals surface area contributed by atoms with Crippen LogP contribution < -0.4 is 4.74 Å². The number of piperidine rings is 1. The highest BCUT2D eigenvalue weighted by Crippen LogP contribution is 2.47. The highest BCUT2D eigenvalue weighted by molar-refractivity contribution is 8.04. The molecule has 1 atom stereocenters. The summed E-state index contributed by atoms with van der Waals surface area (Å²) in [4.78, 5) is 27.7. The van der Waals surface area contributed by atoms with Gasteiger partial charge in [0, 0.05) is 49.4 Å². The number of ketones is 2. The zero-order valence-corrected chi connectivity index (χ0v) is 19.4. The number of nitrogens with zero attached hydrogens (tertiary/aromatic N) is 1. The van der Waals surface area contributed by atoms with Gasteiger partial charge in [0.05, 0.1) is 0 Å². The first-order chi connectivity index (χ1) is 16.0. The van der Waals surface area contributed by atoms with Gasteiger partial charge in [0.2, 0.25) is 11.6 Å². The monoisotopic (exact) mass is 465 g/mol. The number of β-amino-alcohol motifs (C(OH)–C–C–N with tert-alkyl or cyclic N) is 1. The molecule has 5 rings (SSSR count). The fraction of sp³-hybridized carbons (Fsp3) is 0.385. The van der Waals surface area contributed by atoms with Crippen LogP contribution >= 0.6 is 11.8 Å². The van der Waals surface area contributed by atoms with Gasteiger partial charge in [-0.2, -0.15) is 0 Å². The third-order valence-corrected chi connectivity index (χ3v) is 7.92. The van der Waals surface area contributed by atoms with E-state index in [9.17, 15) is 14.7 Å². The van der Waals surface area contributed by atoms with Gasteiger partial charge in [-0.25, -0.2) is 0 Å². The molecule has 1 saturated heterocycles. The van der Waals surface area contributed by atoms with Crippen molar-refractivity contribution in [1.82, 2.24) is 4.90 Å². The van der Waals surface area contributed by atoms with Gasteiger partial charge in [0.15, 0.2) is 0 Å². The molecule has 0 saturated carbocycles. The van der Waals surface area contributed by atoms with Crippen molar-refractivity contribution < 1.29 is 24.2 Å². The highest BCUT2D eigenvalue weighted by atomic mass is 32.2. The summed E-state index contributed by atoms with van der Waals surface area (Å²) >= 11 is 1.45. The van der Waals surface area contributed by atoms with Gasteiger partial charge in [0.1, 0.15) is 34.7 Å². The van der Waals surface area contributed by atoms with Crippen LogP contribution in [0.5, 0.6) is 5.75 Å². The number of carbonyl (C=O) groups is 2. The normalized spacial score (nSPS) is 20.8. The number of para-hydroxylation sites is 1. The summed E-state index contributed by atoms with van der Waals surface area (Å²) in [5, 5.41) is 10.5. The first kappa shape index (κ1) is 22.2. The summed E-state index contributed by atoms with van der Waals surface area (Å²) in [6, 6.07) is 15.0. The molecule has 2 aliphatic heterocycles. The van der Waals surface area contributed by atoms with Crippen LogP contribution in [0.15, 0.2) is 53.4 Å². The van der Waals surface area contributed by atoms with E-state index in [0.29, 0.717) is 28.5 Å². The largest absolute Gasteiger partial charge is 0.491 e. The molecule has 0 amide bonds. The Balaban J connectivity index is 1.20. The summed E-state index contributed by atoms with van der Waals surface area (Å²) in [7, 11) is 0. The molecule has 0 bridgehead atoms. The molecule has 0 radical (unpaired) electrons. The van der Waals surface area contributed by atoms with Crippen molar-refractivity contribution >= 4 is 29.1 Å². The third-order valence-electron chi connectivity index (χ3n) is 6.59. The first-order valence-electron chi connectivity index (χ1n) is 11.3. The molecule has 2 aromatic rings. The molecule has 1 spiro atoms. The lowest BCUT2D eigenvalue weighted by Crippen LogP contribution is -2.51. The standard InChI is InChI=1S/C26H27NO5S/c1-17-6-2-5-9-21(17)31-15-18(28)14-27-12-10-26(11-13-27)16-33-25-23(30)22(29)19-7-3-4-8-20(19)24(25)32-26/h2-9,18,28H,10-16H2,1H3. The van der Waals surface area contributed by atoms with Gasteiger partial charge in [-0.05, 0) is 18.6 Å². The topological polar surface area (TPSA) is 76.1 Å². The minimum absolute atomic E-state index is 0.252. The lowest BCUT2D eigenvalue weighted by molar-refractivity contribution is -0.111. The molecule has 3 aliphatic rings. The van der Waals surface area contributed by atoms with Crippen LogP contribution in [0.25, 0.3) is 5.76 Å². The first-order valence-corrected chi connectivity index (χ1v) is 12.3. The summed E-state index contributed by atoms with van der Waals surface area (Å²) in [6.45, 7) is 4.36. The molecule has 0 aromatic heterocycles. The van der Waals surface area contributed by atoms with Crippen molar-refractivity contribution in [3.63, 3.8) is 0 Å². The maximum Gasteiger partial charge on any atom is 0.243 e. The van der Waals surface area contributed by atoms with Gasteiger partial charge < -0.3 is 19.5 Å². The Morgan fingerprint density at radius 3 is 2.52 bits per heavy atom. The second-order valence-corrected chi connectivity index (χ2v) is 9.95. The second-order valence-electron chi connectivity index (χ2n) is 8.97. The number of carbonyl (C=O) groups excluding carboxylic acids is 2. The van der Waals surface area contributed by atoms with E-state index in [1.54, 1.807) is 12.1 Å². The highest BCUT2D eigenvalue weighted by Gasteiger charge is 2.46. The quantitative estimate of drug-likeness (QED) is 0.678. The Kier molecular flexibility index (Phi) is 6.03. The molecule has 1 unspecified atom stereocenters. The second kappa shape index (κ2) is 8.97. The van der Waals surface area contributed by atoms with E-state index in [1.807, 2.05) is 43.3 Å². The van der Waals surface area contributed by atoms with Crippen LogP contribution in [0.4, 0.5) is 0 Å². The van der Waals surface area contributed by atoms with Gasteiger partial charge in [-0.15, -0.1) is 11.8 Å². The predicted octanol–water partition coefficient (Wildman–Crippen LogP) is 3.47. The van der Waals surface area contributed by atoms with Gasteiger partial charge in [-0.3, -0.25) is 9.59 Å². The number of thioether (sulfide) groups is 1. The van der Waals surface area contributed by atoms with E-state index in [-0.39, 0.29) is 12.2 Å². The summed E-state index contributed by atoms with van der Waals surface area (Å²) in [6.07, 6.45) is 1.02. The average molecular weight is 466 g/mol. The molecule has 7 heteroatoms. The Labute approximate surface area is 197 Å². The number of likely N-dealkylation sites (tertiary alicyclic amines) is 1. The average Bonchev–Trinajstić information content (AvgIpc) is 2.84. The van der Waals surface area contributed by atoms with Crippen LogP contribution in [0, 0.1) is 6.92 Å². The number of Topliss-reactive ketones (excluding diaryl/α,β-unsaturated/α-hetero) is 2. The van der Waals surface area contributed by atoms with E-state index in [4.69, 9.17) is 9.47 Å². The van der Waals surface area contributed by atoms with Crippen molar-refractivity contribution in [3.05, 3.63) is 70.1 Å². The maximum absolute atomic E-state index is 12.6. The number of ether oxygens (including phenoxy) is 2. The third kappa shape index (κ3) is 4.33. The zero-order chi connectivity index (χ0) is 23.0. The van der Waals surface area contributed by atoms with E-state index in [1.165, 1.54) is 11.8 Å². The lowest BCUT2D eigenvalue weighted by atomic mass is 9.90. The molecular formula is C26H27NO5S. The molecule has 1 N–H and O–H groups in total. The molecule has 33 heavy (non-hydrogen) atoms. The fourth-order valence-corrected chi connectivity index (χ4v) is 5.92. The predicted molar refractivity (Wildman–Crippen MR) is 127 cm³/mol. The Bertz CT molecular complexity index is 1120. The van der Waals surface area contributed by atoms with E-state index < -0.39 is 17.7 Å². The molecule has 172 valence electrons. The molecule has 1 fully saturated rings. The number of fused-ring (bicyclic) bond motifs is 2. The number of benzene rings is 2. The minimum Gasteiger partial charge on any atom is -0.491 e. The number of aliphatic hydroxyl groups is 1. The smallest absolute Gasteiger partial charge is 0.243 e. The van der Waals surface area contributed by atoms with Crippen LogP contribution in [0.2, 0.25) is 0 Å². The zero-order valence-electron chi connectivity index (χ0n) is 18.6. The number of hydrogen-bond donors (Lipinski definition) is 1. The van der Waals surface area contributed by atoms with E-state index in [0.717, 1.165) is 42.8 Å². The molecule has 2 aromatic carbocycles. The maximum atomic E-state index is 12.6. The molecular weight excluding hydrogens is 438 g/mol. The van der Waals surface area contributed by atoms with Gasteiger partial charge >= 0.3 is 0 Å². The van der Waals surface area contributed by atoms with E-state index >= 15 is 0 Å². The summed E-state index contributed by atoms with van der Waals surface area (Å²) in [5.41, 5.74) is 1.83. The number of aryl methyl sites for hydroxylation is 1. The van der Waals surface area contributed by atoms with Crippen LogP contribution in [0.3, 0.4) is 0 Å². The Morgan fingerprint density at radius 1 is 1.06 bits per heavy atom. The Morgan fingerprint density at radius 2 is 1.76 bits per heavy atom. The van der Waals surface area contributed by atoms with Crippen LogP contribution in [-0.2, 0) is 9.53 Å². The van der Waals surface area contributed by atoms with Crippen molar-refractivity contribution in [2.24, 2.45) is 0 Å². The van der Waals surface area contributed by atoms with E-state index in [2.05, 4.69) is 4.90 Å². The minimum atomic E-state index is -0.580. The van der Waals surface area contributed by atoms with Crippen LogP contribution in [-0.4, -0.2) is 65.3 Å². The molecule has 2 heterocycles. The van der Waals surface area contributed by atoms with Crippen molar-refractivity contribution in [2.45, 2.75) is 31.5 Å². The molecule has 1 aliphatic carbocycles. The fourth-order valence-electron chi connectivity index (χ4n) is 4.66. The number of hydrogen-bond acceptors (Lipinski definition) is 7. The van der Waals surface area contributed by atoms with Crippen LogP contribution in [0.1, 0.15) is 34.3 Å². The summed E-state index contributed by atoms with van der Waals surface area (Å²) in [5.74, 6) is 1.10. The number of aliphatic hydroxyl groups excluding tert-OH is 1. The number of rotatable bonds is 5. The van der Waals surface area contributed by atoms with Crippen molar-refractivity contribution in [1.29, 1.82) is 0 Å². The summed E-state index contributed by atoms with van der Waals surface area (Å²) < 4.78 is 12.3. The molecule has 6 nitrogen and oxygen atoms in total. The van der Waals surface area contributed by atoms with Crippen molar-refractivity contribution in [3.8, 4) is 5.75 Å². The Hall–Kier alpha value is -2.61. The van der Waals surface area contributed by atoms with Gasteiger partial charge in [-0.1, -0.05) is 42.5 Å². The number of allylic oxidation sites excluding steroid dienone is 1. The van der Waals surface area contributed by atoms with Crippen molar-refractivity contribution in [2.75, 3.05) is 32.0 Å². The lowest BCUT2D eigenvalue weighted by Gasteiger charge is -2.45. The SMILES string of the molecule is Cc1ccccc1OCC(O)CN1CCC2(CC1)CSC1=C(O2)c2ccccc2C(=O)C1=O.